The van der Waals surface area contributed by atoms with Crippen molar-refractivity contribution in [3.8, 4) is 0 Å². The summed E-state index contributed by atoms with van der Waals surface area (Å²) in [5.41, 5.74) is 2.18. The van der Waals surface area contributed by atoms with Crippen molar-refractivity contribution in [3.05, 3.63) is 84.0 Å². The lowest BCUT2D eigenvalue weighted by molar-refractivity contribution is 0.168. The number of hydrogen-bond acceptors (Lipinski definition) is 4. The monoisotopic (exact) mass is 427 g/mol. The molecule has 1 aliphatic rings. The van der Waals surface area contributed by atoms with Gasteiger partial charge in [0.25, 0.3) is 0 Å². The van der Waals surface area contributed by atoms with Gasteiger partial charge in [-0.1, -0.05) is 74.0 Å². The van der Waals surface area contributed by atoms with E-state index < -0.39 is 0 Å². The van der Waals surface area contributed by atoms with E-state index >= 15 is 0 Å². The summed E-state index contributed by atoms with van der Waals surface area (Å²) in [7, 11) is 3.27. The Balaban J connectivity index is 0.000000454. The summed E-state index contributed by atoms with van der Waals surface area (Å²) in [6.45, 7) is 14.9. The predicted molar refractivity (Wildman–Crippen MR) is 133 cm³/mol. The van der Waals surface area contributed by atoms with Crippen LogP contribution in [0.15, 0.2) is 83.4 Å². The summed E-state index contributed by atoms with van der Waals surface area (Å²) in [6.07, 6.45) is 12.5. The second kappa shape index (κ2) is 19.4. The zero-order chi connectivity index (χ0) is 23.3. The first kappa shape index (κ1) is 28.4. The van der Waals surface area contributed by atoms with Crippen LogP contribution >= 0.6 is 0 Å². The van der Waals surface area contributed by atoms with Crippen LogP contribution in [0.5, 0.6) is 0 Å². The van der Waals surface area contributed by atoms with Crippen molar-refractivity contribution in [3.63, 3.8) is 0 Å². The molecule has 4 heteroatoms. The molecule has 0 N–H and O–H groups in total. The van der Waals surface area contributed by atoms with Gasteiger partial charge in [-0.15, -0.1) is 0 Å². The molecule has 1 aliphatic heterocycles. The van der Waals surface area contributed by atoms with Crippen LogP contribution in [0.4, 0.5) is 0 Å². The van der Waals surface area contributed by atoms with Crippen molar-refractivity contribution in [1.29, 1.82) is 0 Å². The zero-order valence-corrected chi connectivity index (χ0v) is 20.1. The fourth-order valence-corrected chi connectivity index (χ4v) is 2.57. The minimum atomic E-state index is 0.648. The molecule has 4 nitrogen and oxygen atoms in total. The number of nitrogens with zero attached hydrogens (tertiary/aromatic N) is 1. The van der Waals surface area contributed by atoms with Crippen LogP contribution in [-0.2, 0) is 14.2 Å². The van der Waals surface area contributed by atoms with Crippen LogP contribution in [0, 0.1) is 12.8 Å². The largest absolute Gasteiger partial charge is 0.500 e. The Morgan fingerprint density at radius 3 is 2.42 bits per heavy atom. The van der Waals surface area contributed by atoms with Gasteiger partial charge in [-0.05, 0) is 45.4 Å². The Bertz CT molecular complexity index is 690. The summed E-state index contributed by atoms with van der Waals surface area (Å²) in [4.78, 5) is 3.82. The molecule has 0 aliphatic carbocycles. The lowest BCUT2D eigenvalue weighted by atomic mass is 10.0. The van der Waals surface area contributed by atoms with Crippen LogP contribution in [0.3, 0.4) is 0 Å². The van der Waals surface area contributed by atoms with Crippen molar-refractivity contribution in [1.82, 2.24) is 0 Å². The maximum atomic E-state index is 5.51. The van der Waals surface area contributed by atoms with E-state index in [0.717, 1.165) is 36.7 Å². The molecule has 0 saturated heterocycles. The fraction of sp³-hybridized carbons (Fsp3) is 0.444. The van der Waals surface area contributed by atoms with E-state index in [1.54, 1.807) is 14.2 Å². The van der Waals surface area contributed by atoms with Gasteiger partial charge < -0.3 is 14.2 Å². The molecule has 0 amide bonds. The van der Waals surface area contributed by atoms with Gasteiger partial charge in [-0.25, -0.2) is 0 Å². The first-order chi connectivity index (χ1) is 15.0. The van der Waals surface area contributed by atoms with E-state index in [0.29, 0.717) is 12.5 Å². The zero-order valence-electron chi connectivity index (χ0n) is 20.1. The molecule has 1 atom stereocenters. The van der Waals surface area contributed by atoms with Crippen molar-refractivity contribution < 1.29 is 14.2 Å². The third-order valence-corrected chi connectivity index (χ3v) is 4.74. The van der Waals surface area contributed by atoms with Gasteiger partial charge in [0.2, 0.25) is 0 Å². The number of hydrogen-bond donors (Lipinski definition) is 0. The molecule has 1 aromatic carbocycles. The molecule has 1 aromatic rings. The molecule has 0 fully saturated rings. The fourth-order valence-electron chi connectivity index (χ4n) is 2.57. The first-order valence-electron chi connectivity index (χ1n) is 10.8. The van der Waals surface area contributed by atoms with Gasteiger partial charge in [-0.2, -0.15) is 0 Å². The Kier molecular flexibility index (Phi) is 17.8. The predicted octanol–water partition coefficient (Wildman–Crippen LogP) is 7.05. The summed E-state index contributed by atoms with van der Waals surface area (Å²) in [6, 6.07) is 10.3. The third kappa shape index (κ3) is 15.9. The average molecular weight is 428 g/mol. The maximum absolute atomic E-state index is 5.51. The Morgan fingerprint density at radius 2 is 1.90 bits per heavy atom. The summed E-state index contributed by atoms with van der Waals surface area (Å²) >= 11 is 0. The van der Waals surface area contributed by atoms with Gasteiger partial charge in [0.05, 0.1) is 26.0 Å². The van der Waals surface area contributed by atoms with Crippen LogP contribution in [-0.4, -0.2) is 34.2 Å². The van der Waals surface area contributed by atoms with Crippen molar-refractivity contribution in [2.75, 3.05) is 27.4 Å². The molecule has 0 spiro atoms. The smallest absolute Gasteiger partial charge is 0.114 e. The Hall–Kier alpha value is -2.59. The molecular weight excluding hydrogens is 386 g/mol. The molecular formula is C27H41NO3. The van der Waals surface area contributed by atoms with Gasteiger partial charge in [-0.3, -0.25) is 4.99 Å². The van der Waals surface area contributed by atoms with Gasteiger partial charge in [0, 0.05) is 13.5 Å². The Morgan fingerprint density at radius 1 is 1.19 bits per heavy atom. The minimum absolute atomic E-state index is 0.648. The molecule has 0 aromatic heterocycles. The topological polar surface area (TPSA) is 40.0 Å². The van der Waals surface area contributed by atoms with E-state index in [1.165, 1.54) is 18.4 Å². The standard InChI is InChI=1S/C12H18O.C8H15NO2.C7H8/c1-3-12-9-7-5-4-6-8-11(2)13-10-12;1-7(11-4)8(9-2)5-6-10-3;1-7-5-3-2-4-6-7/h4-6,8,12H,2-3,7,9-10H2,1H3;2,5-6H2,1,3-4H3;2-6H,1H3/b5-4-,8-6-;8-7-;. The lowest BCUT2D eigenvalue weighted by Gasteiger charge is -2.15. The van der Waals surface area contributed by atoms with Crippen molar-refractivity contribution >= 4 is 6.72 Å². The molecule has 2 rings (SSSR count). The average Bonchev–Trinajstić information content (AvgIpc) is 2.80. The van der Waals surface area contributed by atoms with Crippen LogP contribution in [0.1, 0.15) is 45.1 Å². The van der Waals surface area contributed by atoms with E-state index in [1.807, 2.05) is 37.3 Å². The molecule has 172 valence electrons. The second-order valence-electron chi connectivity index (χ2n) is 7.18. The normalized spacial score (nSPS) is 18.5. The highest BCUT2D eigenvalue weighted by Gasteiger charge is 2.06. The van der Waals surface area contributed by atoms with Crippen molar-refractivity contribution in [2.45, 2.75) is 46.5 Å². The molecule has 31 heavy (non-hydrogen) atoms. The molecule has 0 radical (unpaired) electrons. The number of allylic oxidation sites excluding steroid dienone is 5. The molecule has 1 unspecified atom stereocenters. The summed E-state index contributed by atoms with van der Waals surface area (Å²) in [5, 5.41) is 0. The van der Waals surface area contributed by atoms with Crippen molar-refractivity contribution in [2.24, 2.45) is 10.9 Å². The van der Waals surface area contributed by atoms with E-state index in [4.69, 9.17) is 14.2 Å². The van der Waals surface area contributed by atoms with E-state index in [2.05, 4.69) is 56.4 Å². The number of aliphatic imine (C=N–C) groups is 1. The highest BCUT2D eigenvalue weighted by molar-refractivity contribution is 5.29. The third-order valence-electron chi connectivity index (χ3n) is 4.74. The number of methoxy groups -OCH3 is 2. The van der Waals surface area contributed by atoms with Crippen LogP contribution in [0.2, 0.25) is 0 Å². The maximum Gasteiger partial charge on any atom is 0.114 e. The highest BCUT2D eigenvalue weighted by atomic mass is 16.5. The summed E-state index contributed by atoms with van der Waals surface area (Å²) in [5.74, 6) is 2.25. The molecule has 0 saturated carbocycles. The minimum Gasteiger partial charge on any atom is -0.500 e. The van der Waals surface area contributed by atoms with Gasteiger partial charge >= 0.3 is 0 Å². The van der Waals surface area contributed by atoms with Crippen LogP contribution < -0.4 is 0 Å². The van der Waals surface area contributed by atoms with Gasteiger partial charge in [0.1, 0.15) is 11.5 Å². The van der Waals surface area contributed by atoms with E-state index in [-0.39, 0.29) is 0 Å². The number of ether oxygens (including phenoxy) is 3. The quantitative estimate of drug-likeness (QED) is 0.361. The number of benzene rings is 1. The highest BCUT2D eigenvalue weighted by Crippen LogP contribution is 2.15. The lowest BCUT2D eigenvalue weighted by Crippen LogP contribution is -2.08. The van der Waals surface area contributed by atoms with Gasteiger partial charge in [0.15, 0.2) is 0 Å². The Labute approximate surface area is 190 Å². The molecule has 1 heterocycles. The second-order valence-corrected chi connectivity index (χ2v) is 7.18. The number of aryl methyl sites for hydroxylation is 1. The molecule has 0 bridgehead atoms. The van der Waals surface area contributed by atoms with E-state index in [9.17, 15) is 0 Å². The first-order valence-corrected chi connectivity index (χ1v) is 10.8. The SMILES string of the molecule is C=C1/C=C\C=C/CCC(CC)CO1.C=N/C(CCOC)=C(/C)OC.Cc1ccccc1. The number of rotatable bonds is 6. The summed E-state index contributed by atoms with van der Waals surface area (Å²) < 4.78 is 15.4. The van der Waals surface area contributed by atoms with Crippen LogP contribution in [0.25, 0.3) is 0 Å².